The molecule has 3 aromatic rings. The molecule has 3 aromatic heterocycles. The van der Waals surface area contributed by atoms with Crippen LogP contribution in [0.15, 0.2) is 35.4 Å². The first-order valence-corrected chi connectivity index (χ1v) is 7.18. The molecule has 0 unspecified atom stereocenters. The van der Waals surface area contributed by atoms with Crippen LogP contribution >= 0.6 is 0 Å². The van der Waals surface area contributed by atoms with Crippen LogP contribution in [0, 0.1) is 0 Å². The van der Waals surface area contributed by atoms with Crippen LogP contribution in [0.25, 0.3) is 17.3 Å². The minimum atomic E-state index is -0.318. The Labute approximate surface area is 131 Å². The monoisotopic (exact) mass is 312 g/mol. The second-order valence-electron chi connectivity index (χ2n) is 5.39. The first-order chi connectivity index (χ1) is 11.0. The van der Waals surface area contributed by atoms with Crippen molar-refractivity contribution in [1.29, 1.82) is 0 Å². The zero-order valence-corrected chi connectivity index (χ0v) is 13.0. The Morgan fingerprint density at radius 2 is 2.09 bits per heavy atom. The molecule has 8 heteroatoms. The minimum Gasteiger partial charge on any atom is -0.320 e. The van der Waals surface area contributed by atoms with E-state index in [0.717, 1.165) is 0 Å². The second-order valence-corrected chi connectivity index (χ2v) is 5.39. The SMILES string of the molecule is CC(=O)Nc1cn2nc(-c3ccccn3)nc2n(C(C)C)c1=O. The van der Waals surface area contributed by atoms with Gasteiger partial charge < -0.3 is 5.32 Å². The van der Waals surface area contributed by atoms with E-state index in [0.29, 0.717) is 17.3 Å². The van der Waals surface area contributed by atoms with Crippen LogP contribution in [-0.4, -0.2) is 30.1 Å². The van der Waals surface area contributed by atoms with Crippen LogP contribution in [0.3, 0.4) is 0 Å². The highest BCUT2D eigenvalue weighted by atomic mass is 16.2. The third-order valence-corrected chi connectivity index (χ3v) is 3.25. The summed E-state index contributed by atoms with van der Waals surface area (Å²) >= 11 is 0. The number of aromatic nitrogens is 5. The van der Waals surface area contributed by atoms with Gasteiger partial charge in [0, 0.05) is 19.2 Å². The van der Waals surface area contributed by atoms with Crippen LogP contribution in [0.1, 0.15) is 26.8 Å². The summed E-state index contributed by atoms with van der Waals surface area (Å²) < 4.78 is 2.97. The summed E-state index contributed by atoms with van der Waals surface area (Å²) in [7, 11) is 0. The molecule has 0 aliphatic heterocycles. The first kappa shape index (κ1) is 14.9. The molecule has 0 radical (unpaired) electrons. The van der Waals surface area contributed by atoms with Crippen molar-refractivity contribution in [3.63, 3.8) is 0 Å². The summed E-state index contributed by atoms with van der Waals surface area (Å²) in [5, 5.41) is 6.90. The summed E-state index contributed by atoms with van der Waals surface area (Å²) in [5.74, 6) is 0.501. The molecule has 0 saturated heterocycles. The van der Waals surface area contributed by atoms with Crippen molar-refractivity contribution < 1.29 is 4.79 Å². The summed E-state index contributed by atoms with van der Waals surface area (Å²) in [5.41, 5.74) is 0.457. The van der Waals surface area contributed by atoms with Gasteiger partial charge in [0.05, 0.1) is 6.20 Å². The van der Waals surface area contributed by atoms with Gasteiger partial charge in [0.25, 0.3) is 5.56 Å². The predicted octanol–water partition coefficient (Wildman–Crippen LogP) is 1.49. The van der Waals surface area contributed by atoms with Gasteiger partial charge in [-0.05, 0) is 26.0 Å². The van der Waals surface area contributed by atoms with Gasteiger partial charge in [0.2, 0.25) is 17.5 Å². The smallest absolute Gasteiger partial charge is 0.278 e. The van der Waals surface area contributed by atoms with Crippen molar-refractivity contribution in [3.8, 4) is 11.5 Å². The number of rotatable bonds is 3. The molecule has 0 aliphatic carbocycles. The number of pyridine rings is 1. The average molecular weight is 312 g/mol. The highest BCUT2D eigenvalue weighted by Crippen LogP contribution is 2.16. The fourth-order valence-electron chi connectivity index (χ4n) is 2.31. The van der Waals surface area contributed by atoms with E-state index >= 15 is 0 Å². The van der Waals surface area contributed by atoms with Crippen molar-refractivity contribution in [2.24, 2.45) is 0 Å². The zero-order chi connectivity index (χ0) is 16.6. The molecule has 0 spiro atoms. The topological polar surface area (TPSA) is 94.2 Å². The molecule has 0 bridgehead atoms. The molecular weight excluding hydrogens is 296 g/mol. The average Bonchev–Trinajstić information content (AvgIpc) is 2.91. The maximum Gasteiger partial charge on any atom is 0.278 e. The van der Waals surface area contributed by atoms with E-state index < -0.39 is 0 Å². The number of nitrogens with zero attached hydrogens (tertiary/aromatic N) is 5. The number of hydrogen-bond donors (Lipinski definition) is 1. The van der Waals surface area contributed by atoms with Crippen molar-refractivity contribution >= 4 is 17.4 Å². The molecule has 118 valence electrons. The van der Waals surface area contributed by atoms with E-state index in [1.807, 2.05) is 19.9 Å². The van der Waals surface area contributed by atoms with Crippen LogP contribution < -0.4 is 10.9 Å². The molecular formula is C15H16N6O2. The van der Waals surface area contributed by atoms with Crippen molar-refractivity contribution in [1.82, 2.24) is 24.1 Å². The van der Waals surface area contributed by atoms with Crippen LogP contribution in [-0.2, 0) is 4.79 Å². The van der Waals surface area contributed by atoms with Crippen LogP contribution in [0.2, 0.25) is 0 Å². The lowest BCUT2D eigenvalue weighted by Crippen LogP contribution is -2.28. The second kappa shape index (κ2) is 5.64. The normalized spacial score (nSPS) is 11.1. The van der Waals surface area contributed by atoms with E-state index in [-0.39, 0.29) is 23.2 Å². The van der Waals surface area contributed by atoms with E-state index in [2.05, 4.69) is 20.4 Å². The Kier molecular flexibility index (Phi) is 3.65. The number of fused-ring (bicyclic) bond motifs is 1. The number of hydrogen-bond acceptors (Lipinski definition) is 5. The molecule has 0 saturated carbocycles. The molecule has 0 fully saturated rings. The molecule has 0 aliphatic rings. The maximum atomic E-state index is 12.6. The predicted molar refractivity (Wildman–Crippen MR) is 85.2 cm³/mol. The Hall–Kier alpha value is -3.03. The Morgan fingerprint density at radius 1 is 1.30 bits per heavy atom. The first-order valence-electron chi connectivity index (χ1n) is 7.18. The highest BCUT2D eigenvalue weighted by Gasteiger charge is 2.17. The quantitative estimate of drug-likeness (QED) is 0.790. The van der Waals surface area contributed by atoms with Gasteiger partial charge in [-0.15, -0.1) is 5.10 Å². The molecule has 0 aromatic carbocycles. The number of carbonyl (C=O) groups is 1. The lowest BCUT2D eigenvalue weighted by molar-refractivity contribution is -0.114. The van der Waals surface area contributed by atoms with E-state index in [1.54, 1.807) is 18.3 Å². The van der Waals surface area contributed by atoms with Gasteiger partial charge >= 0.3 is 0 Å². The lowest BCUT2D eigenvalue weighted by Gasteiger charge is -2.12. The summed E-state index contributed by atoms with van der Waals surface area (Å²) in [4.78, 5) is 32.5. The van der Waals surface area contributed by atoms with Crippen molar-refractivity contribution in [3.05, 3.63) is 40.9 Å². The van der Waals surface area contributed by atoms with Gasteiger partial charge in [-0.1, -0.05) is 6.07 Å². The number of anilines is 1. The lowest BCUT2D eigenvalue weighted by atomic mass is 10.3. The van der Waals surface area contributed by atoms with Gasteiger partial charge in [0.15, 0.2) is 0 Å². The largest absolute Gasteiger partial charge is 0.320 e. The molecule has 3 rings (SSSR count). The Bertz CT molecular complexity index is 926. The number of amides is 1. The fourth-order valence-corrected chi connectivity index (χ4v) is 2.31. The Balaban J connectivity index is 2.27. The molecule has 1 amide bonds. The highest BCUT2D eigenvalue weighted by molar-refractivity contribution is 5.88. The summed E-state index contributed by atoms with van der Waals surface area (Å²) in [6, 6.07) is 5.30. The molecule has 8 nitrogen and oxygen atoms in total. The maximum absolute atomic E-state index is 12.6. The van der Waals surface area contributed by atoms with Crippen LogP contribution in [0.4, 0.5) is 5.69 Å². The third-order valence-electron chi connectivity index (χ3n) is 3.25. The number of carbonyl (C=O) groups excluding carboxylic acids is 1. The van der Waals surface area contributed by atoms with Gasteiger partial charge in [-0.3, -0.25) is 19.1 Å². The molecule has 1 N–H and O–H groups in total. The van der Waals surface area contributed by atoms with Crippen molar-refractivity contribution in [2.75, 3.05) is 5.32 Å². The summed E-state index contributed by atoms with van der Waals surface area (Å²) in [6.45, 7) is 5.09. The van der Waals surface area contributed by atoms with E-state index in [4.69, 9.17) is 0 Å². The minimum absolute atomic E-state index is 0.139. The zero-order valence-electron chi connectivity index (χ0n) is 13.0. The van der Waals surface area contributed by atoms with Crippen molar-refractivity contribution in [2.45, 2.75) is 26.8 Å². The van der Waals surface area contributed by atoms with Crippen LogP contribution in [0.5, 0.6) is 0 Å². The van der Waals surface area contributed by atoms with Gasteiger partial charge in [-0.25, -0.2) is 4.52 Å². The fraction of sp³-hybridized carbons (Fsp3) is 0.267. The number of nitrogens with one attached hydrogen (secondary N) is 1. The standard InChI is InChI=1S/C15H16N6O2/c1-9(2)21-14(23)12(17-10(3)22)8-20-15(21)18-13(19-20)11-6-4-5-7-16-11/h4-9H,1-3H3,(H,17,22). The molecule has 0 atom stereocenters. The molecule has 3 heterocycles. The third kappa shape index (κ3) is 2.70. The molecule has 23 heavy (non-hydrogen) atoms. The Morgan fingerprint density at radius 3 is 2.70 bits per heavy atom. The van der Waals surface area contributed by atoms with Gasteiger partial charge in [-0.2, -0.15) is 4.98 Å². The van der Waals surface area contributed by atoms with Gasteiger partial charge in [0.1, 0.15) is 11.4 Å². The van der Waals surface area contributed by atoms with E-state index in [1.165, 1.54) is 22.2 Å². The summed E-state index contributed by atoms with van der Waals surface area (Å²) in [6.07, 6.45) is 3.12. The van der Waals surface area contributed by atoms with E-state index in [9.17, 15) is 9.59 Å².